The highest BCUT2D eigenvalue weighted by molar-refractivity contribution is 6.08. The van der Waals surface area contributed by atoms with Gasteiger partial charge in [-0.05, 0) is 48.4 Å². The lowest BCUT2D eigenvalue weighted by atomic mass is 9.81. The number of hydrogen-bond donors (Lipinski definition) is 0. The molecule has 4 heteroatoms. The second-order valence-electron chi connectivity index (χ2n) is 8.09. The molecule has 1 amide bonds. The number of benzene rings is 3. The van der Waals surface area contributed by atoms with Gasteiger partial charge >= 0.3 is 0 Å². The lowest BCUT2D eigenvalue weighted by Crippen LogP contribution is -2.37. The zero-order valence-electron chi connectivity index (χ0n) is 17.8. The van der Waals surface area contributed by atoms with Crippen molar-refractivity contribution in [1.82, 2.24) is 0 Å². The highest BCUT2D eigenvalue weighted by Crippen LogP contribution is 2.44. The van der Waals surface area contributed by atoms with E-state index in [0.717, 1.165) is 16.9 Å². The topological polar surface area (TPSA) is 23.6 Å². The minimum absolute atomic E-state index is 0.0392. The molecule has 0 fully saturated rings. The number of para-hydroxylation sites is 1. The van der Waals surface area contributed by atoms with E-state index in [1.807, 2.05) is 74.6 Å². The van der Waals surface area contributed by atoms with Gasteiger partial charge in [0, 0.05) is 24.8 Å². The summed E-state index contributed by atoms with van der Waals surface area (Å²) in [7, 11) is 1.98. The first-order chi connectivity index (χ1) is 15.0. The second-order valence-corrected chi connectivity index (χ2v) is 8.09. The molecule has 3 aromatic rings. The first-order valence-electron chi connectivity index (χ1n) is 10.4. The molecule has 0 spiro atoms. The molecule has 1 atom stereocenters. The van der Waals surface area contributed by atoms with Crippen LogP contribution in [0, 0.1) is 17.7 Å². The maximum Gasteiger partial charge on any atom is 0.238 e. The summed E-state index contributed by atoms with van der Waals surface area (Å²) in [6, 6.07) is 24.5. The third kappa shape index (κ3) is 4.18. The monoisotopic (exact) mass is 412 g/mol. The lowest BCUT2D eigenvalue weighted by molar-refractivity contribution is -0.122. The standard InChI is InChI=1S/C27H25FN2O/c1-27(17-9-10-18-29(2)23-13-7-4-8-14-23)24-19-22(28)15-16-25(24)30(26(27)31)20-21-11-5-3-6-12-21/h3-8,11-16,19H,17-18,20H2,1-2H3. The van der Waals surface area contributed by atoms with Crippen LogP contribution in [0.5, 0.6) is 0 Å². The fourth-order valence-corrected chi connectivity index (χ4v) is 3.99. The van der Waals surface area contributed by atoms with E-state index in [4.69, 9.17) is 0 Å². The Morgan fingerprint density at radius 3 is 2.35 bits per heavy atom. The van der Waals surface area contributed by atoms with Gasteiger partial charge < -0.3 is 9.80 Å². The highest BCUT2D eigenvalue weighted by Gasteiger charge is 2.47. The van der Waals surface area contributed by atoms with Gasteiger partial charge in [0.25, 0.3) is 0 Å². The molecule has 0 aromatic heterocycles. The number of carbonyl (C=O) groups is 1. The fraction of sp³-hybridized carbons (Fsp3) is 0.222. The summed E-state index contributed by atoms with van der Waals surface area (Å²) >= 11 is 0. The van der Waals surface area contributed by atoms with Crippen molar-refractivity contribution in [3.63, 3.8) is 0 Å². The van der Waals surface area contributed by atoms with Gasteiger partial charge in [-0.3, -0.25) is 4.79 Å². The van der Waals surface area contributed by atoms with Crippen LogP contribution >= 0.6 is 0 Å². The van der Waals surface area contributed by atoms with Crippen LogP contribution in [0.4, 0.5) is 15.8 Å². The summed E-state index contributed by atoms with van der Waals surface area (Å²) in [5.41, 5.74) is 2.72. The molecular weight excluding hydrogens is 387 g/mol. The molecular formula is C27H25FN2O. The summed E-state index contributed by atoms with van der Waals surface area (Å²) in [4.78, 5) is 17.3. The van der Waals surface area contributed by atoms with Crippen molar-refractivity contribution in [2.75, 3.05) is 23.4 Å². The Bertz CT molecular complexity index is 1130. The minimum Gasteiger partial charge on any atom is -0.363 e. The van der Waals surface area contributed by atoms with E-state index in [0.29, 0.717) is 25.1 Å². The van der Waals surface area contributed by atoms with Crippen molar-refractivity contribution in [3.8, 4) is 11.8 Å². The zero-order valence-corrected chi connectivity index (χ0v) is 17.8. The van der Waals surface area contributed by atoms with Gasteiger partial charge in [-0.25, -0.2) is 4.39 Å². The van der Waals surface area contributed by atoms with Crippen LogP contribution in [0.15, 0.2) is 78.9 Å². The quantitative estimate of drug-likeness (QED) is 0.541. The Morgan fingerprint density at radius 1 is 0.968 bits per heavy atom. The summed E-state index contributed by atoms with van der Waals surface area (Å²) in [5.74, 6) is 5.98. The molecule has 3 aromatic carbocycles. The molecule has 1 aliphatic heterocycles. The largest absolute Gasteiger partial charge is 0.363 e. The Balaban J connectivity index is 1.56. The van der Waals surface area contributed by atoms with E-state index in [2.05, 4.69) is 16.7 Å². The molecule has 31 heavy (non-hydrogen) atoms. The molecule has 0 N–H and O–H groups in total. The molecule has 156 valence electrons. The molecule has 1 aliphatic rings. The Morgan fingerprint density at radius 2 is 1.65 bits per heavy atom. The first kappa shape index (κ1) is 20.7. The van der Waals surface area contributed by atoms with Crippen LogP contribution in [0.25, 0.3) is 0 Å². The highest BCUT2D eigenvalue weighted by atomic mass is 19.1. The van der Waals surface area contributed by atoms with Crippen LogP contribution < -0.4 is 9.80 Å². The molecule has 0 bridgehead atoms. The predicted molar refractivity (Wildman–Crippen MR) is 123 cm³/mol. The number of amides is 1. The number of nitrogens with zero attached hydrogens (tertiary/aromatic N) is 2. The van der Waals surface area contributed by atoms with E-state index < -0.39 is 5.41 Å². The van der Waals surface area contributed by atoms with Crippen molar-refractivity contribution in [2.24, 2.45) is 0 Å². The molecule has 3 nitrogen and oxygen atoms in total. The minimum atomic E-state index is -0.871. The van der Waals surface area contributed by atoms with Gasteiger partial charge in [-0.1, -0.05) is 60.4 Å². The zero-order chi connectivity index (χ0) is 21.8. The van der Waals surface area contributed by atoms with Crippen molar-refractivity contribution in [3.05, 3.63) is 95.8 Å². The fourth-order valence-electron chi connectivity index (χ4n) is 3.99. The van der Waals surface area contributed by atoms with Gasteiger partial charge in [0.1, 0.15) is 5.82 Å². The maximum absolute atomic E-state index is 14.1. The Kier molecular flexibility index (Phi) is 5.77. The van der Waals surface area contributed by atoms with Gasteiger partial charge in [0.05, 0.1) is 18.5 Å². The average Bonchev–Trinajstić information content (AvgIpc) is 2.99. The molecule has 0 radical (unpaired) electrons. The third-order valence-electron chi connectivity index (χ3n) is 5.82. The van der Waals surface area contributed by atoms with E-state index >= 15 is 0 Å². The smallest absolute Gasteiger partial charge is 0.238 e. The number of hydrogen-bond acceptors (Lipinski definition) is 2. The van der Waals surface area contributed by atoms with Crippen LogP contribution in [0.1, 0.15) is 24.5 Å². The van der Waals surface area contributed by atoms with E-state index in [-0.39, 0.29) is 11.7 Å². The number of fused-ring (bicyclic) bond motifs is 1. The van der Waals surface area contributed by atoms with Gasteiger partial charge in [0.2, 0.25) is 5.91 Å². The summed E-state index contributed by atoms with van der Waals surface area (Å²) in [6.07, 6.45) is 0.343. The molecule has 0 aliphatic carbocycles. The SMILES string of the molecule is CN(CC#CCC1(C)C(=O)N(Cc2ccccc2)c2ccc(F)cc21)c1ccccc1. The molecule has 1 unspecified atom stereocenters. The summed E-state index contributed by atoms with van der Waals surface area (Å²) < 4.78 is 14.1. The van der Waals surface area contributed by atoms with Gasteiger partial charge in [0.15, 0.2) is 0 Å². The van der Waals surface area contributed by atoms with Crippen LogP contribution in [-0.2, 0) is 16.8 Å². The molecule has 0 saturated heterocycles. The lowest BCUT2D eigenvalue weighted by Gasteiger charge is -2.22. The van der Waals surface area contributed by atoms with E-state index in [1.165, 1.54) is 12.1 Å². The summed E-state index contributed by atoms with van der Waals surface area (Å²) in [6.45, 7) is 2.88. The number of rotatable bonds is 5. The third-order valence-corrected chi connectivity index (χ3v) is 5.82. The molecule has 1 heterocycles. The van der Waals surface area contributed by atoms with Crippen LogP contribution in [-0.4, -0.2) is 19.5 Å². The van der Waals surface area contributed by atoms with E-state index in [9.17, 15) is 9.18 Å². The second kappa shape index (κ2) is 8.65. The number of anilines is 2. The van der Waals surface area contributed by atoms with E-state index in [1.54, 1.807) is 11.0 Å². The average molecular weight is 413 g/mol. The number of carbonyl (C=O) groups excluding carboxylic acids is 1. The molecule has 4 rings (SSSR count). The van der Waals surface area contributed by atoms with Crippen molar-refractivity contribution < 1.29 is 9.18 Å². The summed E-state index contributed by atoms with van der Waals surface area (Å²) in [5, 5.41) is 0. The van der Waals surface area contributed by atoms with Gasteiger partial charge in [-0.15, -0.1) is 0 Å². The van der Waals surface area contributed by atoms with Gasteiger partial charge in [-0.2, -0.15) is 0 Å². The van der Waals surface area contributed by atoms with Crippen LogP contribution in [0.2, 0.25) is 0 Å². The molecule has 0 saturated carbocycles. The van der Waals surface area contributed by atoms with Crippen molar-refractivity contribution >= 4 is 17.3 Å². The Labute approximate surface area is 183 Å². The Hall–Kier alpha value is -3.58. The van der Waals surface area contributed by atoms with Crippen molar-refractivity contribution in [2.45, 2.75) is 25.3 Å². The normalized spacial score (nSPS) is 17.1. The van der Waals surface area contributed by atoms with Crippen molar-refractivity contribution in [1.29, 1.82) is 0 Å². The first-order valence-corrected chi connectivity index (χ1v) is 10.4. The van der Waals surface area contributed by atoms with Crippen LogP contribution in [0.3, 0.4) is 0 Å². The number of halogens is 1. The maximum atomic E-state index is 14.1. The predicted octanol–water partition coefficient (Wildman–Crippen LogP) is 5.16.